The number of primary amides is 1. The fourth-order valence-electron chi connectivity index (χ4n) is 2.88. The zero-order valence-corrected chi connectivity index (χ0v) is 13.4. The standard InChI is InChI=1S/C17H17N5O2/c1-8-9(5-4-6-11(8)23)12-13-10(20-2)7-22(3)17(13)21-15(14(12)18)16(19)24/h4-7,23H,2,18H2,1,3H3,(H2,19,24). The number of anilines is 1. The number of phenols is 1. The van der Waals surface area contributed by atoms with Crippen molar-refractivity contribution < 1.29 is 9.90 Å². The largest absolute Gasteiger partial charge is 0.508 e. The van der Waals surface area contributed by atoms with Crippen LogP contribution in [0.4, 0.5) is 11.4 Å². The molecule has 7 nitrogen and oxygen atoms in total. The number of amides is 1. The highest BCUT2D eigenvalue weighted by Crippen LogP contribution is 2.43. The van der Waals surface area contributed by atoms with Crippen LogP contribution in [0.15, 0.2) is 29.4 Å². The van der Waals surface area contributed by atoms with Gasteiger partial charge in [0.15, 0.2) is 5.69 Å². The summed E-state index contributed by atoms with van der Waals surface area (Å²) in [7, 11) is 1.78. The number of rotatable bonds is 3. The Morgan fingerprint density at radius 3 is 2.75 bits per heavy atom. The molecule has 0 bridgehead atoms. The second-order valence-corrected chi connectivity index (χ2v) is 5.55. The molecule has 1 aromatic carbocycles. The summed E-state index contributed by atoms with van der Waals surface area (Å²) < 4.78 is 1.73. The lowest BCUT2D eigenvalue weighted by Crippen LogP contribution is -2.17. The number of hydrogen-bond donors (Lipinski definition) is 3. The van der Waals surface area contributed by atoms with Crippen molar-refractivity contribution in [2.24, 2.45) is 17.8 Å². The number of pyridine rings is 1. The van der Waals surface area contributed by atoms with Crippen molar-refractivity contribution in [2.75, 3.05) is 5.73 Å². The number of benzene rings is 1. The zero-order chi connectivity index (χ0) is 17.6. The molecule has 7 heteroatoms. The van der Waals surface area contributed by atoms with Crippen molar-refractivity contribution >= 4 is 35.0 Å². The van der Waals surface area contributed by atoms with Crippen LogP contribution in [0.1, 0.15) is 16.1 Å². The highest BCUT2D eigenvalue weighted by molar-refractivity contribution is 6.12. The van der Waals surface area contributed by atoms with Gasteiger partial charge in [0, 0.05) is 18.8 Å². The van der Waals surface area contributed by atoms with E-state index in [-0.39, 0.29) is 17.1 Å². The van der Waals surface area contributed by atoms with Crippen molar-refractivity contribution in [1.29, 1.82) is 0 Å². The second-order valence-electron chi connectivity index (χ2n) is 5.55. The summed E-state index contributed by atoms with van der Waals surface area (Å²) in [6.45, 7) is 5.35. The van der Waals surface area contributed by atoms with Crippen LogP contribution in [0.25, 0.3) is 22.2 Å². The van der Waals surface area contributed by atoms with E-state index in [1.54, 1.807) is 36.9 Å². The third-order valence-corrected chi connectivity index (χ3v) is 4.10. The molecule has 0 aliphatic carbocycles. The van der Waals surface area contributed by atoms with Crippen molar-refractivity contribution in [3.05, 3.63) is 35.7 Å². The van der Waals surface area contributed by atoms with Crippen LogP contribution in [-0.4, -0.2) is 27.3 Å². The van der Waals surface area contributed by atoms with Gasteiger partial charge in [-0.3, -0.25) is 9.79 Å². The molecule has 0 fully saturated rings. The van der Waals surface area contributed by atoms with Crippen LogP contribution in [0, 0.1) is 6.92 Å². The van der Waals surface area contributed by atoms with E-state index in [0.717, 1.165) is 0 Å². The number of nitrogens with zero attached hydrogens (tertiary/aromatic N) is 3. The number of carbonyl (C=O) groups is 1. The summed E-state index contributed by atoms with van der Waals surface area (Å²) in [4.78, 5) is 20.1. The molecule has 0 radical (unpaired) electrons. The van der Waals surface area contributed by atoms with Crippen LogP contribution in [0.2, 0.25) is 0 Å². The molecule has 122 valence electrons. The third-order valence-electron chi connectivity index (χ3n) is 4.10. The molecule has 0 aliphatic rings. The van der Waals surface area contributed by atoms with Crippen molar-refractivity contribution in [3.63, 3.8) is 0 Å². The molecule has 24 heavy (non-hydrogen) atoms. The number of aryl methyl sites for hydroxylation is 1. The summed E-state index contributed by atoms with van der Waals surface area (Å²) in [5.74, 6) is -0.593. The van der Waals surface area contributed by atoms with Crippen molar-refractivity contribution in [1.82, 2.24) is 9.55 Å². The minimum Gasteiger partial charge on any atom is -0.508 e. The van der Waals surface area contributed by atoms with E-state index in [1.165, 1.54) is 0 Å². The average molecular weight is 323 g/mol. The number of hydrogen-bond acceptors (Lipinski definition) is 5. The fourth-order valence-corrected chi connectivity index (χ4v) is 2.88. The molecule has 3 rings (SSSR count). The molecule has 0 saturated heterocycles. The monoisotopic (exact) mass is 323 g/mol. The minimum atomic E-state index is -0.720. The van der Waals surface area contributed by atoms with Crippen LogP contribution in [0.5, 0.6) is 5.75 Å². The smallest absolute Gasteiger partial charge is 0.269 e. The van der Waals surface area contributed by atoms with Crippen LogP contribution >= 0.6 is 0 Å². The van der Waals surface area contributed by atoms with Crippen molar-refractivity contribution in [2.45, 2.75) is 6.92 Å². The average Bonchev–Trinajstić information content (AvgIpc) is 2.86. The van der Waals surface area contributed by atoms with Gasteiger partial charge < -0.3 is 21.1 Å². The maximum atomic E-state index is 11.8. The van der Waals surface area contributed by atoms with E-state index in [4.69, 9.17) is 11.5 Å². The molecule has 0 spiro atoms. The number of aliphatic imine (C=N–C) groups is 1. The Kier molecular flexibility index (Phi) is 3.48. The molecule has 2 aromatic heterocycles. The van der Waals surface area contributed by atoms with E-state index in [2.05, 4.69) is 16.7 Å². The predicted octanol–water partition coefficient (Wildman–Crippen LogP) is 2.27. The number of fused-ring (bicyclic) bond motifs is 1. The molecule has 3 aromatic rings. The Labute approximate surface area is 138 Å². The van der Waals surface area contributed by atoms with E-state index in [1.807, 2.05) is 6.07 Å². The molecule has 0 unspecified atom stereocenters. The summed E-state index contributed by atoms with van der Waals surface area (Å²) in [6, 6.07) is 5.10. The SMILES string of the molecule is C=Nc1cn(C)c2nc(C(N)=O)c(N)c(-c3cccc(O)c3C)c12. The lowest BCUT2D eigenvalue weighted by molar-refractivity contribution is 0.0997. The van der Waals surface area contributed by atoms with Gasteiger partial charge in [0.1, 0.15) is 11.4 Å². The van der Waals surface area contributed by atoms with Crippen LogP contribution in [0.3, 0.4) is 0 Å². The zero-order valence-electron chi connectivity index (χ0n) is 13.4. The Morgan fingerprint density at radius 2 is 2.12 bits per heavy atom. The highest BCUT2D eigenvalue weighted by Gasteiger charge is 2.23. The summed E-state index contributed by atoms with van der Waals surface area (Å²) >= 11 is 0. The first-order valence-corrected chi connectivity index (χ1v) is 7.20. The first-order chi connectivity index (χ1) is 11.4. The molecule has 2 heterocycles. The van der Waals surface area contributed by atoms with Gasteiger partial charge in [-0.2, -0.15) is 0 Å². The fraction of sp³-hybridized carbons (Fsp3) is 0.118. The lowest BCUT2D eigenvalue weighted by atomic mass is 9.95. The molecular formula is C17H17N5O2. The summed E-state index contributed by atoms with van der Waals surface area (Å²) in [5, 5.41) is 10.7. The number of carbonyl (C=O) groups excluding carboxylic acids is 1. The van der Waals surface area contributed by atoms with Gasteiger partial charge in [-0.25, -0.2) is 4.98 Å². The Balaban J connectivity index is 2.57. The maximum absolute atomic E-state index is 11.8. The second kappa shape index (κ2) is 5.38. The molecule has 5 N–H and O–H groups in total. The third kappa shape index (κ3) is 2.10. The molecule has 0 atom stereocenters. The first-order valence-electron chi connectivity index (χ1n) is 7.20. The van der Waals surface area contributed by atoms with Crippen molar-refractivity contribution in [3.8, 4) is 16.9 Å². The number of phenolic OH excluding ortho intramolecular Hbond substituents is 1. The van der Waals surface area contributed by atoms with E-state index in [0.29, 0.717) is 33.4 Å². The summed E-state index contributed by atoms with van der Waals surface area (Å²) in [5.41, 5.74) is 14.8. The highest BCUT2D eigenvalue weighted by atomic mass is 16.3. The van der Waals surface area contributed by atoms with Gasteiger partial charge in [-0.15, -0.1) is 0 Å². The number of aromatic hydroxyl groups is 1. The number of aromatic nitrogens is 2. The van der Waals surface area contributed by atoms with Crippen LogP contribution < -0.4 is 11.5 Å². The topological polar surface area (TPSA) is 120 Å². The van der Waals surface area contributed by atoms with Gasteiger partial charge >= 0.3 is 0 Å². The van der Waals surface area contributed by atoms with Crippen LogP contribution in [-0.2, 0) is 7.05 Å². The van der Waals surface area contributed by atoms with Gasteiger partial charge in [-0.1, -0.05) is 12.1 Å². The number of nitrogens with two attached hydrogens (primary N) is 2. The Hall–Kier alpha value is -3.35. The van der Waals surface area contributed by atoms with E-state index in [9.17, 15) is 9.90 Å². The minimum absolute atomic E-state index is 0.0166. The van der Waals surface area contributed by atoms with E-state index >= 15 is 0 Å². The maximum Gasteiger partial charge on any atom is 0.269 e. The first kappa shape index (κ1) is 15.5. The van der Waals surface area contributed by atoms with Gasteiger partial charge in [0.05, 0.1) is 16.8 Å². The van der Waals surface area contributed by atoms with Gasteiger partial charge in [0.25, 0.3) is 5.91 Å². The molecule has 0 aliphatic heterocycles. The molecular weight excluding hydrogens is 306 g/mol. The quantitative estimate of drug-likeness (QED) is 0.640. The number of nitrogen functional groups attached to an aromatic ring is 1. The Morgan fingerprint density at radius 1 is 1.42 bits per heavy atom. The lowest BCUT2D eigenvalue weighted by Gasteiger charge is -2.14. The Bertz CT molecular complexity index is 1000. The van der Waals surface area contributed by atoms with Gasteiger partial charge in [-0.05, 0) is 30.8 Å². The predicted molar refractivity (Wildman–Crippen MR) is 94.7 cm³/mol. The molecule has 0 saturated carbocycles. The summed E-state index contributed by atoms with van der Waals surface area (Å²) in [6.07, 6.45) is 1.75. The normalized spacial score (nSPS) is 10.9. The van der Waals surface area contributed by atoms with E-state index < -0.39 is 5.91 Å². The molecule has 1 amide bonds. The van der Waals surface area contributed by atoms with Gasteiger partial charge in [0.2, 0.25) is 0 Å².